The minimum atomic E-state index is -4.03. The summed E-state index contributed by atoms with van der Waals surface area (Å²) in [6, 6.07) is 3.23. The number of oxime groups is 1. The van der Waals surface area contributed by atoms with Gasteiger partial charge in [-0.2, -0.15) is 0 Å². The molecule has 192 valence electrons. The molecule has 0 aromatic carbocycles. The van der Waals surface area contributed by atoms with Gasteiger partial charge in [0, 0.05) is 0 Å². The summed E-state index contributed by atoms with van der Waals surface area (Å²) >= 11 is 0. The SMILES string of the molecule is CCCCOc1ccc(/C(N)=N/OC(=O)CC(C(=O)OC(C)(C)C)P(=O)(OCC)OCC)nc1. The van der Waals surface area contributed by atoms with Gasteiger partial charge in [0.2, 0.25) is 0 Å². The molecule has 1 atom stereocenters. The Labute approximate surface area is 200 Å². The molecule has 1 unspecified atom stereocenters. The third-order valence-electron chi connectivity index (χ3n) is 4.05. The second-order valence-corrected chi connectivity index (χ2v) is 10.4. The van der Waals surface area contributed by atoms with E-state index in [0.717, 1.165) is 12.8 Å². The Kier molecular flexibility index (Phi) is 12.2. The first-order valence-electron chi connectivity index (χ1n) is 11.2. The van der Waals surface area contributed by atoms with Crippen LogP contribution in [0.2, 0.25) is 0 Å². The van der Waals surface area contributed by atoms with Crippen molar-refractivity contribution in [2.24, 2.45) is 10.9 Å². The average Bonchev–Trinajstić information content (AvgIpc) is 2.75. The molecule has 2 N–H and O–H groups in total. The van der Waals surface area contributed by atoms with Crippen molar-refractivity contribution < 1.29 is 37.5 Å². The van der Waals surface area contributed by atoms with Gasteiger partial charge < -0.3 is 29.1 Å². The summed E-state index contributed by atoms with van der Waals surface area (Å²) in [5.74, 6) is -1.48. The summed E-state index contributed by atoms with van der Waals surface area (Å²) in [4.78, 5) is 34.1. The zero-order valence-electron chi connectivity index (χ0n) is 20.7. The van der Waals surface area contributed by atoms with Crippen LogP contribution in [0.25, 0.3) is 0 Å². The minimum absolute atomic E-state index is 0.000543. The number of carbonyl (C=O) groups excluding carboxylic acids is 2. The van der Waals surface area contributed by atoms with E-state index >= 15 is 0 Å². The predicted molar refractivity (Wildman–Crippen MR) is 127 cm³/mol. The summed E-state index contributed by atoms with van der Waals surface area (Å²) in [5, 5.41) is 3.58. The average molecular weight is 502 g/mol. The first kappa shape index (κ1) is 29.5. The van der Waals surface area contributed by atoms with Crippen LogP contribution >= 0.6 is 7.60 Å². The molecule has 11 nitrogen and oxygen atoms in total. The van der Waals surface area contributed by atoms with Crippen LogP contribution in [0, 0.1) is 0 Å². The maximum absolute atomic E-state index is 13.2. The van der Waals surface area contributed by atoms with Gasteiger partial charge in [-0.25, -0.2) is 9.78 Å². The van der Waals surface area contributed by atoms with Gasteiger partial charge in [0.1, 0.15) is 17.0 Å². The summed E-state index contributed by atoms with van der Waals surface area (Å²) in [6.45, 7) is 10.7. The molecular formula is C22H36N3O8P. The van der Waals surface area contributed by atoms with E-state index in [4.69, 9.17) is 29.1 Å². The van der Waals surface area contributed by atoms with Gasteiger partial charge in [0.15, 0.2) is 11.5 Å². The number of hydrogen-bond donors (Lipinski definition) is 1. The maximum Gasteiger partial charge on any atom is 0.345 e. The number of rotatable bonds is 14. The topological polar surface area (TPSA) is 149 Å². The van der Waals surface area contributed by atoms with E-state index in [-0.39, 0.29) is 24.7 Å². The summed E-state index contributed by atoms with van der Waals surface area (Å²) in [6.07, 6.45) is 2.76. The lowest BCUT2D eigenvalue weighted by atomic mass is 10.2. The smallest absolute Gasteiger partial charge is 0.345 e. The van der Waals surface area contributed by atoms with Crippen molar-refractivity contribution in [1.29, 1.82) is 0 Å². The minimum Gasteiger partial charge on any atom is -0.492 e. The van der Waals surface area contributed by atoms with E-state index in [1.165, 1.54) is 6.20 Å². The second-order valence-electron chi connectivity index (χ2n) is 8.15. The van der Waals surface area contributed by atoms with Crippen molar-refractivity contribution in [3.8, 4) is 5.75 Å². The van der Waals surface area contributed by atoms with Gasteiger partial charge in [-0.3, -0.25) is 9.36 Å². The first-order chi connectivity index (χ1) is 16.0. The van der Waals surface area contributed by atoms with Crippen LogP contribution in [0.4, 0.5) is 0 Å². The number of nitrogens with two attached hydrogens (primary N) is 1. The molecule has 0 saturated carbocycles. The van der Waals surface area contributed by atoms with Crippen LogP contribution < -0.4 is 10.5 Å². The molecule has 1 heterocycles. The Morgan fingerprint density at radius 2 is 1.79 bits per heavy atom. The van der Waals surface area contributed by atoms with Crippen molar-refractivity contribution >= 4 is 25.4 Å². The Bertz CT molecular complexity index is 858. The van der Waals surface area contributed by atoms with Crippen molar-refractivity contribution in [3.63, 3.8) is 0 Å². The summed E-state index contributed by atoms with van der Waals surface area (Å²) in [5.41, 5.74) is 3.68. The fourth-order valence-corrected chi connectivity index (χ4v) is 4.40. The molecule has 0 saturated heterocycles. The Morgan fingerprint density at radius 1 is 1.15 bits per heavy atom. The van der Waals surface area contributed by atoms with E-state index < -0.39 is 37.2 Å². The van der Waals surface area contributed by atoms with Crippen molar-refractivity contribution in [2.45, 2.75) is 72.1 Å². The number of amidine groups is 1. The largest absolute Gasteiger partial charge is 0.492 e. The van der Waals surface area contributed by atoms with Crippen LogP contribution in [0.1, 0.15) is 66.5 Å². The molecule has 1 aromatic heterocycles. The number of pyridine rings is 1. The van der Waals surface area contributed by atoms with E-state index in [2.05, 4.69) is 17.1 Å². The molecule has 12 heteroatoms. The molecule has 0 amide bonds. The van der Waals surface area contributed by atoms with Crippen molar-refractivity contribution in [1.82, 2.24) is 4.98 Å². The van der Waals surface area contributed by atoms with E-state index in [9.17, 15) is 14.2 Å². The number of unbranched alkanes of at least 4 members (excludes halogenated alkanes) is 1. The van der Waals surface area contributed by atoms with Gasteiger partial charge in [0.05, 0.1) is 32.4 Å². The van der Waals surface area contributed by atoms with Crippen LogP contribution in [-0.4, -0.2) is 53.8 Å². The van der Waals surface area contributed by atoms with Gasteiger partial charge in [-0.1, -0.05) is 18.5 Å². The number of carbonyl (C=O) groups is 2. The molecule has 1 aromatic rings. The third-order valence-corrected chi connectivity index (χ3v) is 6.44. The van der Waals surface area contributed by atoms with Crippen molar-refractivity contribution in [3.05, 3.63) is 24.0 Å². The summed E-state index contributed by atoms with van der Waals surface area (Å²) < 4.78 is 34.6. The quantitative estimate of drug-likeness (QED) is 0.0759. The van der Waals surface area contributed by atoms with Gasteiger partial charge in [-0.05, 0) is 53.2 Å². The lowest BCUT2D eigenvalue weighted by Gasteiger charge is -2.27. The van der Waals surface area contributed by atoms with Crippen LogP contribution in [0.5, 0.6) is 5.75 Å². The second kappa shape index (κ2) is 14.0. The molecule has 0 aliphatic heterocycles. The third kappa shape index (κ3) is 10.2. The molecule has 34 heavy (non-hydrogen) atoms. The Balaban J connectivity index is 2.94. The molecule has 0 fully saturated rings. The number of esters is 1. The summed E-state index contributed by atoms with van der Waals surface area (Å²) in [7, 11) is -4.03. The lowest BCUT2D eigenvalue weighted by Crippen LogP contribution is -2.34. The highest BCUT2D eigenvalue weighted by molar-refractivity contribution is 7.55. The molecular weight excluding hydrogens is 465 g/mol. The maximum atomic E-state index is 13.2. The standard InChI is InChI=1S/C22H36N3O8P/c1-7-10-13-29-16-11-12-17(24-15-16)20(23)25-33-19(26)14-18(21(27)32-22(4,5)6)34(28,30-8-2)31-9-3/h11-12,15,18H,7-10,13-14H2,1-6H3,(H2,23,25). The monoisotopic (exact) mass is 501 g/mol. The molecule has 0 radical (unpaired) electrons. The van der Waals surface area contributed by atoms with Crippen molar-refractivity contribution in [2.75, 3.05) is 19.8 Å². The fourth-order valence-electron chi connectivity index (χ4n) is 2.56. The van der Waals surface area contributed by atoms with Crippen LogP contribution in [0.3, 0.4) is 0 Å². The highest BCUT2D eigenvalue weighted by Gasteiger charge is 2.45. The lowest BCUT2D eigenvalue weighted by molar-refractivity contribution is -0.158. The van der Waals surface area contributed by atoms with E-state index in [1.54, 1.807) is 46.8 Å². The zero-order chi connectivity index (χ0) is 25.8. The molecule has 0 bridgehead atoms. The Hall–Kier alpha value is -2.49. The molecule has 0 aliphatic carbocycles. The highest BCUT2D eigenvalue weighted by atomic mass is 31.2. The Morgan fingerprint density at radius 3 is 2.29 bits per heavy atom. The predicted octanol–water partition coefficient (Wildman–Crippen LogP) is 3.79. The number of hydrogen-bond acceptors (Lipinski definition) is 10. The van der Waals surface area contributed by atoms with Gasteiger partial charge in [-0.15, -0.1) is 0 Å². The normalized spacial score (nSPS) is 13.3. The fraction of sp³-hybridized carbons (Fsp3) is 0.636. The van der Waals surface area contributed by atoms with Gasteiger partial charge in [0.25, 0.3) is 0 Å². The van der Waals surface area contributed by atoms with E-state index in [0.29, 0.717) is 12.4 Å². The highest BCUT2D eigenvalue weighted by Crippen LogP contribution is 2.55. The molecule has 1 rings (SSSR count). The van der Waals surface area contributed by atoms with Crippen LogP contribution in [-0.2, 0) is 32.8 Å². The molecule has 0 aliphatic rings. The number of aromatic nitrogens is 1. The first-order valence-corrected chi connectivity index (χ1v) is 12.8. The number of nitrogens with zero attached hydrogens (tertiary/aromatic N) is 2. The van der Waals surface area contributed by atoms with E-state index in [1.807, 2.05) is 0 Å². The molecule has 0 spiro atoms. The zero-order valence-corrected chi connectivity index (χ0v) is 21.6. The van der Waals surface area contributed by atoms with Gasteiger partial charge >= 0.3 is 19.5 Å². The number of ether oxygens (including phenoxy) is 2. The van der Waals surface area contributed by atoms with Crippen LogP contribution in [0.15, 0.2) is 23.5 Å².